The van der Waals surface area contributed by atoms with Crippen LogP contribution in [0.15, 0.2) is 24.3 Å². The van der Waals surface area contributed by atoms with E-state index in [1.54, 1.807) is 0 Å². The predicted molar refractivity (Wildman–Crippen MR) is 77.2 cm³/mol. The van der Waals surface area contributed by atoms with Crippen molar-refractivity contribution in [2.24, 2.45) is 5.73 Å². The number of hydrogen-bond acceptors (Lipinski definition) is 3. The van der Waals surface area contributed by atoms with Crippen molar-refractivity contribution in [3.63, 3.8) is 0 Å². The highest BCUT2D eigenvalue weighted by molar-refractivity contribution is 5.77. The lowest BCUT2D eigenvalue weighted by molar-refractivity contribution is -0.123. The van der Waals surface area contributed by atoms with Gasteiger partial charge in [0.2, 0.25) is 0 Å². The van der Waals surface area contributed by atoms with Crippen molar-refractivity contribution in [3.05, 3.63) is 29.8 Å². The molecule has 0 aliphatic rings. The molecule has 0 saturated carbocycles. The van der Waals surface area contributed by atoms with Gasteiger partial charge in [-0.05, 0) is 37.9 Å². The van der Waals surface area contributed by atoms with E-state index in [4.69, 9.17) is 10.5 Å². The Morgan fingerprint density at radius 3 is 2.84 bits per heavy atom. The summed E-state index contributed by atoms with van der Waals surface area (Å²) in [6.07, 6.45) is 2.79. The van der Waals surface area contributed by atoms with Crippen LogP contribution in [-0.4, -0.2) is 25.1 Å². The van der Waals surface area contributed by atoms with Crippen LogP contribution in [0.5, 0.6) is 5.75 Å². The van der Waals surface area contributed by atoms with E-state index in [-0.39, 0.29) is 18.6 Å². The molecule has 0 radical (unpaired) electrons. The Balaban J connectivity index is 2.45. The van der Waals surface area contributed by atoms with E-state index in [9.17, 15) is 4.79 Å². The number of rotatable bonds is 8. The zero-order chi connectivity index (χ0) is 14.1. The van der Waals surface area contributed by atoms with Gasteiger partial charge in [-0.3, -0.25) is 4.79 Å². The van der Waals surface area contributed by atoms with E-state index in [2.05, 4.69) is 12.2 Å². The molecule has 3 N–H and O–H groups in total. The van der Waals surface area contributed by atoms with Gasteiger partial charge >= 0.3 is 0 Å². The molecule has 0 heterocycles. The molecule has 1 unspecified atom stereocenters. The summed E-state index contributed by atoms with van der Waals surface area (Å²) in [5.41, 5.74) is 6.59. The van der Waals surface area contributed by atoms with Crippen LogP contribution >= 0.6 is 0 Å². The van der Waals surface area contributed by atoms with Crippen LogP contribution < -0.4 is 15.8 Å². The molecule has 0 fully saturated rings. The molecule has 106 valence electrons. The number of nitrogens with two attached hydrogens (primary N) is 1. The summed E-state index contributed by atoms with van der Waals surface area (Å²) in [6.45, 7) is 4.72. The largest absolute Gasteiger partial charge is 0.483 e. The highest BCUT2D eigenvalue weighted by Crippen LogP contribution is 2.17. The topological polar surface area (TPSA) is 64.3 Å². The molecule has 1 atom stereocenters. The maximum absolute atomic E-state index is 11.7. The highest BCUT2D eigenvalue weighted by atomic mass is 16.5. The molecule has 1 rings (SSSR count). The number of ether oxygens (including phenoxy) is 1. The van der Waals surface area contributed by atoms with E-state index >= 15 is 0 Å². The van der Waals surface area contributed by atoms with Gasteiger partial charge in [0.15, 0.2) is 6.61 Å². The second-order valence-corrected chi connectivity index (χ2v) is 4.69. The molecular formula is C15H24N2O2. The first-order chi connectivity index (χ1) is 9.17. The molecule has 0 spiro atoms. The highest BCUT2D eigenvalue weighted by Gasteiger charge is 2.08. The maximum Gasteiger partial charge on any atom is 0.258 e. The van der Waals surface area contributed by atoms with Gasteiger partial charge in [0.05, 0.1) is 0 Å². The Kier molecular flexibility index (Phi) is 6.97. The summed E-state index contributed by atoms with van der Waals surface area (Å²) < 4.78 is 5.56. The van der Waals surface area contributed by atoms with Crippen LogP contribution in [-0.2, 0) is 11.2 Å². The minimum absolute atomic E-state index is 0.0512. The molecule has 1 aromatic rings. The monoisotopic (exact) mass is 264 g/mol. The number of nitrogens with one attached hydrogen (secondary N) is 1. The predicted octanol–water partition coefficient (Wildman–Crippen LogP) is 1.87. The van der Waals surface area contributed by atoms with Gasteiger partial charge in [-0.25, -0.2) is 0 Å². The van der Waals surface area contributed by atoms with E-state index in [0.29, 0.717) is 6.54 Å². The average Bonchev–Trinajstić information content (AvgIpc) is 2.38. The summed E-state index contributed by atoms with van der Waals surface area (Å²) in [4.78, 5) is 11.7. The quantitative estimate of drug-likeness (QED) is 0.753. The SMILES string of the molecule is CCCC(C)NC(=O)COc1ccccc1CCN. The Morgan fingerprint density at radius 2 is 2.16 bits per heavy atom. The Labute approximate surface area is 115 Å². The first-order valence-corrected chi connectivity index (χ1v) is 6.87. The fourth-order valence-electron chi connectivity index (χ4n) is 1.97. The Bertz CT molecular complexity index is 393. The van der Waals surface area contributed by atoms with E-state index < -0.39 is 0 Å². The minimum Gasteiger partial charge on any atom is -0.483 e. The third-order valence-electron chi connectivity index (χ3n) is 2.87. The van der Waals surface area contributed by atoms with Crippen molar-refractivity contribution >= 4 is 5.91 Å². The second kappa shape index (κ2) is 8.53. The van der Waals surface area contributed by atoms with Gasteiger partial charge in [-0.1, -0.05) is 31.5 Å². The van der Waals surface area contributed by atoms with Crippen LogP contribution in [0.25, 0.3) is 0 Å². The lowest BCUT2D eigenvalue weighted by atomic mass is 10.1. The molecule has 0 bridgehead atoms. The number of para-hydroxylation sites is 1. The van der Waals surface area contributed by atoms with Crippen LogP contribution in [0.1, 0.15) is 32.3 Å². The normalized spacial score (nSPS) is 11.9. The number of hydrogen-bond donors (Lipinski definition) is 2. The number of amides is 1. The molecule has 1 amide bonds. The van der Waals surface area contributed by atoms with Crippen molar-refractivity contribution in [3.8, 4) is 5.75 Å². The molecule has 0 aromatic heterocycles. The van der Waals surface area contributed by atoms with Crippen LogP contribution in [0.3, 0.4) is 0 Å². The lowest BCUT2D eigenvalue weighted by Gasteiger charge is -2.14. The van der Waals surface area contributed by atoms with Crippen molar-refractivity contribution in [2.75, 3.05) is 13.2 Å². The zero-order valence-electron chi connectivity index (χ0n) is 11.8. The summed E-state index contributed by atoms with van der Waals surface area (Å²) in [5, 5.41) is 2.91. The standard InChI is InChI=1S/C15H24N2O2/c1-3-6-12(2)17-15(18)11-19-14-8-5-4-7-13(14)9-10-16/h4-5,7-8,12H,3,6,9-11,16H2,1-2H3,(H,17,18). The summed E-state index contributed by atoms with van der Waals surface area (Å²) in [6, 6.07) is 7.88. The molecule has 4 nitrogen and oxygen atoms in total. The fraction of sp³-hybridized carbons (Fsp3) is 0.533. The number of carbonyl (C=O) groups excluding carboxylic acids is 1. The van der Waals surface area contributed by atoms with Gasteiger partial charge < -0.3 is 15.8 Å². The first kappa shape index (κ1) is 15.5. The van der Waals surface area contributed by atoms with Crippen molar-refractivity contribution in [2.45, 2.75) is 39.2 Å². The van der Waals surface area contributed by atoms with Crippen molar-refractivity contribution in [1.29, 1.82) is 0 Å². The average molecular weight is 264 g/mol. The van der Waals surface area contributed by atoms with Crippen LogP contribution in [0.2, 0.25) is 0 Å². The first-order valence-electron chi connectivity index (χ1n) is 6.87. The third kappa shape index (κ3) is 5.75. The molecular weight excluding hydrogens is 240 g/mol. The lowest BCUT2D eigenvalue weighted by Crippen LogP contribution is -2.36. The molecule has 0 aliphatic carbocycles. The summed E-state index contributed by atoms with van der Waals surface area (Å²) >= 11 is 0. The van der Waals surface area contributed by atoms with E-state index in [1.807, 2.05) is 31.2 Å². The molecule has 1 aromatic carbocycles. The summed E-state index contributed by atoms with van der Waals surface area (Å²) in [7, 11) is 0. The van der Waals surface area contributed by atoms with Crippen LogP contribution in [0.4, 0.5) is 0 Å². The van der Waals surface area contributed by atoms with Crippen molar-refractivity contribution in [1.82, 2.24) is 5.32 Å². The van der Waals surface area contributed by atoms with Gasteiger partial charge in [0, 0.05) is 6.04 Å². The number of benzene rings is 1. The van der Waals surface area contributed by atoms with Gasteiger partial charge in [-0.2, -0.15) is 0 Å². The zero-order valence-corrected chi connectivity index (χ0v) is 11.8. The smallest absolute Gasteiger partial charge is 0.258 e. The van der Waals surface area contributed by atoms with Gasteiger partial charge in [0.25, 0.3) is 5.91 Å². The van der Waals surface area contributed by atoms with Gasteiger partial charge in [0.1, 0.15) is 5.75 Å². The van der Waals surface area contributed by atoms with Crippen LogP contribution in [0, 0.1) is 0 Å². The molecule has 4 heteroatoms. The Morgan fingerprint density at radius 1 is 1.42 bits per heavy atom. The molecule has 19 heavy (non-hydrogen) atoms. The second-order valence-electron chi connectivity index (χ2n) is 4.69. The number of carbonyl (C=O) groups is 1. The van der Waals surface area contributed by atoms with Gasteiger partial charge in [-0.15, -0.1) is 0 Å². The molecule has 0 saturated heterocycles. The fourth-order valence-corrected chi connectivity index (χ4v) is 1.97. The summed E-state index contributed by atoms with van der Waals surface area (Å²) in [5.74, 6) is 0.662. The van der Waals surface area contributed by atoms with Crippen molar-refractivity contribution < 1.29 is 9.53 Å². The third-order valence-corrected chi connectivity index (χ3v) is 2.87. The van der Waals surface area contributed by atoms with E-state index in [1.165, 1.54) is 0 Å². The molecule has 0 aliphatic heterocycles. The van der Waals surface area contributed by atoms with E-state index in [0.717, 1.165) is 30.6 Å². The minimum atomic E-state index is -0.0801. The Hall–Kier alpha value is -1.55. The maximum atomic E-state index is 11.7.